The van der Waals surface area contributed by atoms with Gasteiger partial charge in [0.15, 0.2) is 18.2 Å². The van der Waals surface area contributed by atoms with Gasteiger partial charge in [-0.3, -0.25) is 4.79 Å². The smallest absolute Gasteiger partial charge is 0.203 e. The molecule has 0 spiro atoms. The summed E-state index contributed by atoms with van der Waals surface area (Å²) in [6, 6.07) is 9.43. The second-order valence-corrected chi connectivity index (χ2v) is 3.99. The fraction of sp³-hybridized carbons (Fsp3) is 0.133. The van der Waals surface area contributed by atoms with Crippen molar-refractivity contribution in [2.75, 3.05) is 13.7 Å². The van der Waals surface area contributed by atoms with E-state index >= 15 is 0 Å². The number of methoxy groups -OCH3 is 1. The van der Waals surface area contributed by atoms with Gasteiger partial charge in [0, 0.05) is 6.07 Å². The van der Waals surface area contributed by atoms with Crippen LogP contribution in [0.2, 0.25) is 0 Å². The molecule has 0 aliphatic carbocycles. The van der Waals surface area contributed by atoms with Crippen LogP contribution in [0.25, 0.3) is 0 Å². The van der Waals surface area contributed by atoms with Gasteiger partial charge in [-0.15, -0.1) is 0 Å². The standard InChI is InChI=1S/C15H12F2O3/c1-19-14-5-3-2-4-11(14)13(18)9-20-15-8-10(16)6-7-12(15)17/h2-8H,9H2,1H3. The third-order valence-corrected chi connectivity index (χ3v) is 2.66. The van der Waals surface area contributed by atoms with E-state index < -0.39 is 18.2 Å². The predicted molar refractivity (Wildman–Crippen MR) is 69.2 cm³/mol. The number of benzene rings is 2. The summed E-state index contributed by atoms with van der Waals surface area (Å²) in [5.41, 5.74) is 0.326. The van der Waals surface area contributed by atoms with E-state index in [2.05, 4.69) is 0 Å². The zero-order valence-corrected chi connectivity index (χ0v) is 10.7. The van der Waals surface area contributed by atoms with Crippen LogP contribution >= 0.6 is 0 Å². The van der Waals surface area contributed by atoms with Crippen LogP contribution in [0.15, 0.2) is 42.5 Å². The summed E-state index contributed by atoms with van der Waals surface area (Å²) < 4.78 is 36.4. The van der Waals surface area contributed by atoms with Gasteiger partial charge in [0.1, 0.15) is 11.6 Å². The molecule has 3 nitrogen and oxygen atoms in total. The molecule has 5 heteroatoms. The number of para-hydroxylation sites is 1. The van der Waals surface area contributed by atoms with E-state index in [9.17, 15) is 13.6 Å². The van der Waals surface area contributed by atoms with E-state index in [0.29, 0.717) is 11.3 Å². The minimum atomic E-state index is -0.723. The highest BCUT2D eigenvalue weighted by atomic mass is 19.1. The molecule has 0 heterocycles. The molecule has 2 aromatic rings. The van der Waals surface area contributed by atoms with Crippen molar-refractivity contribution >= 4 is 5.78 Å². The van der Waals surface area contributed by atoms with Crippen molar-refractivity contribution in [1.82, 2.24) is 0 Å². The van der Waals surface area contributed by atoms with Crippen LogP contribution in [-0.2, 0) is 0 Å². The molecule has 0 radical (unpaired) electrons. The summed E-state index contributed by atoms with van der Waals surface area (Å²) in [5.74, 6) is -1.63. The molecule has 0 amide bonds. The Morgan fingerprint density at radius 3 is 2.60 bits per heavy atom. The van der Waals surface area contributed by atoms with E-state index in [4.69, 9.17) is 9.47 Å². The second-order valence-electron chi connectivity index (χ2n) is 3.99. The third kappa shape index (κ3) is 3.12. The van der Waals surface area contributed by atoms with Gasteiger partial charge in [-0.1, -0.05) is 12.1 Å². The van der Waals surface area contributed by atoms with Crippen molar-refractivity contribution in [2.45, 2.75) is 0 Å². The average Bonchev–Trinajstić information content (AvgIpc) is 2.47. The van der Waals surface area contributed by atoms with Crippen LogP contribution in [0, 0.1) is 11.6 Å². The number of ketones is 1. The van der Waals surface area contributed by atoms with Gasteiger partial charge in [-0.05, 0) is 24.3 Å². The molecule has 0 saturated heterocycles. The van der Waals surface area contributed by atoms with Crippen molar-refractivity contribution in [1.29, 1.82) is 0 Å². The maximum Gasteiger partial charge on any atom is 0.203 e. The van der Waals surface area contributed by atoms with Gasteiger partial charge in [0.05, 0.1) is 12.7 Å². The number of hydrogen-bond acceptors (Lipinski definition) is 3. The molecule has 0 bridgehead atoms. The fourth-order valence-corrected chi connectivity index (χ4v) is 1.68. The molecular weight excluding hydrogens is 266 g/mol. The maximum atomic E-state index is 13.3. The van der Waals surface area contributed by atoms with Crippen LogP contribution < -0.4 is 9.47 Å². The van der Waals surface area contributed by atoms with E-state index in [1.165, 1.54) is 7.11 Å². The Morgan fingerprint density at radius 2 is 1.85 bits per heavy atom. The largest absolute Gasteiger partial charge is 0.496 e. The monoisotopic (exact) mass is 278 g/mol. The molecule has 0 unspecified atom stereocenters. The van der Waals surface area contributed by atoms with E-state index in [-0.39, 0.29) is 11.5 Å². The first-order valence-corrected chi connectivity index (χ1v) is 5.86. The molecule has 0 aliphatic rings. The van der Waals surface area contributed by atoms with Gasteiger partial charge < -0.3 is 9.47 Å². The van der Waals surface area contributed by atoms with Crippen molar-refractivity contribution < 1.29 is 23.0 Å². The molecule has 0 aliphatic heterocycles. The molecule has 0 atom stereocenters. The SMILES string of the molecule is COc1ccccc1C(=O)COc1cc(F)ccc1F. The summed E-state index contributed by atoms with van der Waals surface area (Å²) in [6.07, 6.45) is 0. The Hall–Kier alpha value is -2.43. The molecule has 0 N–H and O–H groups in total. The van der Waals surface area contributed by atoms with E-state index in [0.717, 1.165) is 18.2 Å². The van der Waals surface area contributed by atoms with Crippen LogP contribution in [0.3, 0.4) is 0 Å². The number of carbonyl (C=O) groups excluding carboxylic acids is 1. The number of halogens is 2. The summed E-state index contributed by atoms with van der Waals surface area (Å²) in [6.45, 7) is -0.402. The molecular formula is C15H12F2O3. The Kier molecular flexibility index (Phi) is 4.30. The van der Waals surface area contributed by atoms with Crippen molar-refractivity contribution in [3.8, 4) is 11.5 Å². The lowest BCUT2D eigenvalue weighted by Gasteiger charge is -2.09. The molecule has 104 valence electrons. The molecule has 2 aromatic carbocycles. The highest BCUT2D eigenvalue weighted by Gasteiger charge is 2.13. The first kappa shape index (κ1) is 14.0. The van der Waals surface area contributed by atoms with Gasteiger partial charge in [0.2, 0.25) is 5.78 Å². The molecule has 0 fully saturated rings. The number of ether oxygens (including phenoxy) is 2. The fourth-order valence-electron chi connectivity index (χ4n) is 1.68. The zero-order valence-electron chi connectivity index (χ0n) is 10.7. The summed E-state index contributed by atoms with van der Waals surface area (Å²) in [5, 5.41) is 0. The lowest BCUT2D eigenvalue weighted by molar-refractivity contribution is 0.0915. The normalized spacial score (nSPS) is 10.2. The number of carbonyl (C=O) groups is 1. The first-order chi connectivity index (χ1) is 9.61. The zero-order chi connectivity index (χ0) is 14.5. The van der Waals surface area contributed by atoms with Gasteiger partial charge in [-0.25, -0.2) is 8.78 Å². The third-order valence-electron chi connectivity index (χ3n) is 2.66. The van der Waals surface area contributed by atoms with Crippen molar-refractivity contribution in [3.63, 3.8) is 0 Å². The average molecular weight is 278 g/mol. The summed E-state index contributed by atoms with van der Waals surface area (Å²) in [4.78, 5) is 12.0. The Balaban J connectivity index is 2.11. The maximum absolute atomic E-state index is 13.3. The van der Waals surface area contributed by atoms with Crippen molar-refractivity contribution in [2.24, 2.45) is 0 Å². The Morgan fingerprint density at radius 1 is 1.10 bits per heavy atom. The number of rotatable bonds is 5. The summed E-state index contributed by atoms with van der Waals surface area (Å²) >= 11 is 0. The lowest BCUT2D eigenvalue weighted by Crippen LogP contribution is -2.13. The van der Waals surface area contributed by atoms with E-state index in [1.807, 2.05) is 0 Å². The highest BCUT2D eigenvalue weighted by Crippen LogP contribution is 2.20. The second kappa shape index (κ2) is 6.14. The topological polar surface area (TPSA) is 35.5 Å². The Labute approximate surface area is 114 Å². The van der Waals surface area contributed by atoms with Crippen LogP contribution in [0.4, 0.5) is 8.78 Å². The number of Topliss-reactive ketones (excluding diaryl/α,β-unsaturated/α-hetero) is 1. The van der Waals surface area contributed by atoms with Crippen LogP contribution in [0.1, 0.15) is 10.4 Å². The first-order valence-electron chi connectivity index (χ1n) is 5.86. The minimum Gasteiger partial charge on any atom is -0.496 e. The minimum absolute atomic E-state index is 0.298. The van der Waals surface area contributed by atoms with E-state index in [1.54, 1.807) is 24.3 Å². The highest BCUT2D eigenvalue weighted by molar-refractivity contribution is 5.99. The molecule has 2 rings (SSSR count). The lowest BCUT2D eigenvalue weighted by atomic mass is 10.1. The van der Waals surface area contributed by atoms with Gasteiger partial charge >= 0.3 is 0 Å². The van der Waals surface area contributed by atoms with Crippen LogP contribution in [0.5, 0.6) is 11.5 Å². The number of hydrogen-bond donors (Lipinski definition) is 0. The molecule has 0 aromatic heterocycles. The molecule has 0 saturated carbocycles. The van der Waals surface area contributed by atoms with Crippen molar-refractivity contribution in [3.05, 3.63) is 59.7 Å². The van der Waals surface area contributed by atoms with Gasteiger partial charge in [-0.2, -0.15) is 0 Å². The van der Waals surface area contributed by atoms with Crippen LogP contribution in [-0.4, -0.2) is 19.5 Å². The van der Waals surface area contributed by atoms with Gasteiger partial charge in [0.25, 0.3) is 0 Å². The predicted octanol–water partition coefficient (Wildman–Crippen LogP) is 3.24. The quantitative estimate of drug-likeness (QED) is 0.788. The summed E-state index contributed by atoms with van der Waals surface area (Å²) in [7, 11) is 1.44. The molecule has 20 heavy (non-hydrogen) atoms. The Bertz CT molecular complexity index is 626.